The van der Waals surface area contributed by atoms with Gasteiger partial charge in [-0.05, 0) is 62.4 Å². The molecule has 0 aliphatic rings. The third kappa shape index (κ3) is 5.75. The quantitative estimate of drug-likeness (QED) is 0.389. The Labute approximate surface area is 171 Å². The number of ether oxygens (including phenoxy) is 4. The number of hydrogen-bond acceptors (Lipinski definition) is 5. The molecule has 0 spiro atoms. The van der Waals surface area contributed by atoms with Crippen LogP contribution in [-0.2, 0) is 0 Å². The molecule has 0 bridgehead atoms. The van der Waals surface area contributed by atoms with Gasteiger partial charge in [0.05, 0.1) is 19.9 Å². The molecule has 5 heteroatoms. The van der Waals surface area contributed by atoms with Crippen molar-refractivity contribution in [2.24, 2.45) is 4.99 Å². The molecule has 3 rings (SSSR count). The summed E-state index contributed by atoms with van der Waals surface area (Å²) in [5, 5.41) is 0. The summed E-state index contributed by atoms with van der Waals surface area (Å²) >= 11 is 0. The normalized spacial score (nSPS) is 12.2. The molecule has 0 saturated heterocycles. The fourth-order valence-electron chi connectivity index (χ4n) is 2.64. The third-order valence-electron chi connectivity index (χ3n) is 4.26. The van der Waals surface area contributed by atoms with Gasteiger partial charge in [-0.1, -0.05) is 23.8 Å². The van der Waals surface area contributed by atoms with Gasteiger partial charge in [0.15, 0.2) is 6.10 Å². The highest BCUT2D eigenvalue weighted by Crippen LogP contribution is 2.23. The number of benzene rings is 3. The number of aliphatic imine (C=N–C) groups is 1. The molecule has 0 heterocycles. The Kier molecular flexibility index (Phi) is 6.74. The summed E-state index contributed by atoms with van der Waals surface area (Å²) in [5.41, 5.74) is 1.96. The van der Waals surface area contributed by atoms with E-state index in [4.69, 9.17) is 18.9 Å². The number of aryl methyl sites for hydroxylation is 1. The zero-order chi connectivity index (χ0) is 20.6. The molecule has 0 aliphatic heterocycles. The van der Waals surface area contributed by atoms with Crippen LogP contribution in [0.5, 0.6) is 23.0 Å². The lowest BCUT2D eigenvalue weighted by atomic mass is 10.2. The maximum absolute atomic E-state index is 6.09. The second kappa shape index (κ2) is 9.64. The van der Waals surface area contributed by atoms with Crippen LogP contribution in [0.1, 0.15) is 12.5 Å². The van der Waals surface area contributed by atoms with Gasteiger partial charge in [-0.15, -0.1) is 0 Å². The maximum Gasteiger partial charge on any atom is 0.236 e. The summed E-state index contributed by atoms with van der Waals surface area (Å²) in [7, 11) is 3.25. The Balaban J connectivity index is 1.86. The average molecular weight is 391 g/mol. The molecule has 1 unspecified atom stereocenters. The number of methoxy groups -OCH3 is 2. The Morgan fingerprint density at radius 1 is 0.759 bits per heavy atom. The Morgan fingerprint density at radius 2 is 1.38 bits per heavy atom. The van der Waals surface area contributed by atoms with Crippen molar-refractivity contribution in [2.75, 3.05) is 14.2 Å². The van der Waals surface area contributed by atoms with E-state index in [9.17, 15) is 0 Å². The van der Waals surface area contributed by atoms with Crippen LogP contribution in [0.3, 0.4) is 0 Å². The summed E-state index contributed by atoms with van der Waals surface area (Å²) in [6.45, 7) is 3.94. The number of rotatable bonds is 7. The average Bonchev–Trinajstić information content (AvgIpc) is 2.75. The van der Waals surface area contributed by atoms with Gasteiger partial charge >= 0.3 is 0 Å². The SMILES string of the molecule is COc1ccc(OC(C)C(=Nc2ccc(C)cc2)Oc2cccc(OC)c2)cc1. The lowest BCUT2D eigenvalue weighted by Gasteiger charge is -2.18. The van der Waals surface area contributed by atoms with Gasteiger partial charge in [-0.25, -0.2) is 4.99 Å². The maximum atomic E-state index is 6.09. The third-order valence-corrected chi connectivity index (χ3v) is 4.26. The molecule has 0 aromatic heterocycles. The summed E-state index contributed by atoms with van der Waals surface area (Å²) in [4.78, 5) is 4.68. The molecule has 0 radical (unpaired) electrons. The lowest BCUT2D eigenvalue weighted by molar-refractivity contribution is 0.262. The zero-order valence-corrected chi connectivity index (χ0v) is 17.1. The molecule has 0 aliphatic carbocycles. The Bertz CT molecular complexity index is 949. The highest BCUT2D eigenvalue weighted by Gasteiger charge is 2.16. The van der Waals surface area contributed by atoms with Crippen LogP contribution >= 0.6 is 0 Å². The molecule has 3 aromatic rings. The van der Waals surface area contributed by atoms with E-state index in [0.29, 0.717) is 23.1 Å². The second-order valence-electron chi connectivity index (χ2n) is 6.50. The van der Waals surface area contributed by atoms with Crippen molar-refractivity contribution in [3.8, 4) is 23.0 Å². The van der Waals surface area contributed by atoms with E-state index in [0.717, 1.165) is 11.4 Å². The largest absolute Gasteiger partial charge is 0.497 e. The van der Waals surface area contributed by atoms with E-state index in [-0.39, 0.29) is 0 Å². The molecule has 1 atom stereocenters. The first-order chi connectivity index (χ1) is 14.1. The standard InChI is InChI=1S/C24H25NO4/c1-17-8-10-19(11-9-17)25-24(29-23-7-5-6-22(16-23)27-4)18(2)28-21-14-12-20(26-3)13-15-21/h5-16,18H,1-4H3. The smallest absolute Gasteiger partial charge is 0.236 e. The zero-order valence-electron chi connectivity index (χ0n) is 17.1. The molecule has 5 nitrogen and oxygen atoms in total. The van der Waals surface area contributed by atoms with Crippen molar-refractivity contribution in [3.05, 3.63) is 78.4 Å². The van der Waals surface area contributed by atoms with E-state index >= 15 is 0 Å². The van der Waals surface area contributed by atoms with Crippen molar-refractivity contribution in [2.45, 2.75) is 20.0 Å². The monoisotopic (exact) mass is 391 g/mol. The van der Waals surface area contributed by atoms with Crippen LogP contribution in [0.15, 0.2) is 77.8 Å². The molecular formula is C24H25NO4. The van der Waals surface area contributed by atoms with E-state index in [1.54, 1.807) is 14.2 Å². The van der Waals surface area contributed by atoms with Gasteiger partial charge in [0.2, 0.25) is 5.90 Å². The summed E-state index contributed by atoms with van der Waals surface area (Å²) in [5.74, 6) is 3.24. The number of hydrogen-bond donors (Lipinski definition) is 0. The molecule has 0 amide bonds. The van der Waals surface area contributed by atoms with Crippen molar-refractivity contribution in [3.63, 3.8) is 0 Å². The van der Waals surface area contributed by atoms with Gasteiger partial charge < -0.3 is 18.9 Å². The van der Waals surface area contributed by atoms with Crippen molar-refractivity contribution >= 4 is 11.6 Å². The van der Waals surface area contributed by atoms with Crippen molar-refractivity contribution in [1.29, 1.82) is 0 Å². The summed E-state index contributed by atoms with van der Waals surface area (Å²) in [6.07, 6.45) is -0.420. The first-order valence-electron chi connectivity index (χ1n) is 9.35. The highest BCUT2D eigenvalue weighted by atomic mass is 16.5. The molecule has 0 N–H and O–H groups in total. The molecule has 3 aromatic carbocycles. The van der Waals surface area contributed by atoms with Gasteiger partial charge in [0.25, 0.3) is 0 Å². The van der Waals surface area contributed by atoms with Crippen LogP contribution in [0.2, 0.25) is 0 Å². The molecule has 150 valence electrons. The second-order valence-corrected chi connectivity index (χ2v) is 6.50. The van der Waals surface area contributed by atoms with E-state index in [2.05, 4.69) is 4.99 Å². The predicted octanol–water partition coefficient (Wildman–Crippen LogP) is 5.59. The lowest BCUT2D eigenvalue weighted by Crippen LogP contribution is -2.28. The van der Waals surface area contributed by atoms with Crippen molar-refractivity contribution < 1.29 is 18.9 Å². The minimum Gasteiger partial charge on any atom is -0.497 e. The topological polar surface area (TPSA) is 49.3 Å². The molecule has 29 heavy (non-hydrogen) atoms. The minimum absolute atomic E-state index is 0.420. The highest BCUT2D eigenvalue weighted by molar-refractivity contribution is 5.85. The molecule has 0 fully saturated rings. The van der Waals surface area contributed by atoms with Crippen LogP contribution in [-0.4, -0.2) is 26.2 Å². The Morgan fingerprint density at radius 3 is 2.03 bits per heavy atom. The van der Waals surface area contributed by atoms with Gasteiger partial charge in [-0.2, -0.15) is 0 Å². The van der Waals surface area contributed by atoms with Crippen molar-refractivity contribution in [1.82, 2.24) is 0 Å². The molecule has 0 saturated carbocycles. The minimum atomic E-state index is -0.420. The van der Waals surface area contributed by atoms with E-state index in [1.165, 1.54) is 5.56 Å². The van der Waals surface area contributed by atoms with Crippen LogP contribution < -0.4 is 18.9 Å². The van der Waals surface area contributed by atoms with E-state index in [1.807, 2.05) is 86.6 Å². The van der Waals surface area contributed by atoms with Crippen LogP contribution in [0.25, 0.3) is 0 Å². The van der Waals surface area contributed by atoms with E-state index < -0.39 is 6.10 Å². The number of nitrogens with zero attached hydrogens (tertiary/aromatic N) is 1. The summed E-state index contributed by atoms with van der Waals surface area (Å²) in [6, 6.07) is 22.7. The fourth-order valence-corrected chi connectivity index (χ4v) is 2.64. The Hall–Kier alpha value is -3.47. The predicted molar refractivity (Wildman–Crippen MR) is 115 cm³/mol. The van der Waals surface area contributed by atoms with Gasteiger partial charge in [-0.3, -0.25) is 0 Å². The molecular weight excluding hydrogens is 366 g/mol. The van der Waals surface area contributed by atoms with Crippen LogP contribution in [0, 0.1) is 6.92 Å². The summed E-state index contributed by atoms with van der Waals surface area (Å²) < 4.78 is 22.6. The fraction of sp³-hybridized carbons (Fsp3) is 0.208. The van der Waals surface area contributed by atoms with Crippen LogP contribution in [0.4, 0.5) is 5.69 Å². The first kappa shape index (κ1) is 20.3. The van der Waals surface area contributed by atoms with Gasteiger partial charge in [0, 0.05) is 6.07 Å². The first-order valence-corrected chi connectivity index (χ1v) is 9.35. The van der Waals surface area contributed by atoms with Gasteiger partial charge in [0.1, 0.15) is 23.0 Å².